The van der Waals surface area contributed by atoms with Gasteiger partial charge < -0.3 is 9.84 Å². The first-order valence-corrected chi connectivity index (χ1v) is 5.62. The summed E-state index contributed by atoms with van der Waals surface area (Å²) in [6, 6.07) is 9.73. The van der Waals surface area contributed by atoms with Gasteiger partial charge in [0, 0.05) is 13.0 Å². The van der Waals surface area contributed by atoms with E-state index >= 15 is 0 Å². The van der Waals surface area contributed by atoms with Gasteiger partial charge in [0.2, 0.25) is 0 Å². The predicted molar refractivity (Wildman–Crippen MR) is 66.2 cm³/mol. The molecule has 0 amide bonds. The lowest BCUT2D eigenvalue weighted by Crippen LogP contribution is -2.17. The van der Waals surface area contributed by atoms with Crippen LogP contribution in [0.4, 0.5) is 0 Å². The Hall–Kier alpha value is -1.12. The number of aliphatic hydroxyl groups is 1. The van der Waals surface area contributed by atoms with Crippen molar-refractivity contribution in [2.75, 3.05) is 13.7 Å². The van der Waals surface area contributed by atoms with Crippen molar-refractivity contribution in [2.24, 2.45) is 5.92 Å². The summed E-state index contributed by atoms with van der Waals surface area (Å²) < 4.78 is 5.15. The Morgan fingerprint density at radius 2 is 2.00 bits per heavy atom. The van der Waals surface area contributed by atoms with Crippen molar-refractivity contribution in [1.29, 1.82) is 0 Å². The van der Waals surface area contributed by atoms with Crippen LogP contribution in [0.15, 0.2) is 42.5 Å². The summed E-state index contributed by atoms with van der Waals surface area (Å²) in [6.07, 6.45) is 4.44. The van der Waals surface area contributed by atoms with Crippen LogP contribution in [0.2, 0.25) is 0 Å². The molecule has 0 spiro atoms. The third-order valence-corrected chi connectivity index (χ3v) is 2.64. The van der Waals surface area contributed by atoms with Crippen molar-refractivity contribution in [3.05, 3.63) is 48.0 Å². The molecule has 0 aliphatic rings. The monoisotopic (exact) mass is 220 g/mol. The number of hydrogen-bond acceptors (Lipinski definition) is 2. The van der Waals surface area contributed by atoms with Gasteiger partial charge in [0.15, 0.2) is 0 Å². The molecule has 0 aromatic heterocycles. The van der Waals surface area contributed by atoms with Gasteiger partial charge in [-0.15, -0.1) is 0 Å². The van der Waals surface area contributed by atoms with Gasteiger partial charge in [0.1, 0.15) is 0 Å². The number of benzene rings is 1. The lowest BCUT2D eigenvalue weighted by molar-refractivity contribution is 0.0487. The average Bonchev–Trinajstić information content (AvgIpc) is 2.35. The zero-order valence-corrected chi connectivity index (χ0v) is 9.97. The van der Waals surface area contributed by atoms with Crippen molar-refractivity contribution in [1.82, 2.24) is 0 Å². The summed E-state index contributed by atoms with van der Waals surface area (Å²) in [5, 5.41) is 10.2. The zero-order chi connectivity index (χ0) is 11.8. The fourth-order valence-corrected chi connectivity index (χ4v) is 1.74. The van der Waals surface area contributed by atoms with E-state index in [1.165, 1.54) is 0 Å². The molecular formula is C14H20O2. The molecule has 1 aromatic carbocycles. The van der Waals surface area contributed by atoms with Gasteiger partial charge in [-0.2, -0.15) is 0 Å². The first-order valence-electron chi connectivity index (χ1n) is 5.62. The van der Waals surface area contributed by atoms with Crippen LogP contribution in [-0.4, -0.2) is 18.8 Å². The fourth-order valence-electron chi connectivity index (χ4n) is 1.74. The van der Waals surface area contributed by atoms with Crippen molar-refractivity contribution < 1.29 is 9.84 Å². The van der Waals surface area contributed by atoms with E-state index in [1.54, 1.807) is 7.11 Å². The quantitative estimate of drug-likeness (QED) is 0.747. The van der Waals surface area contributed by atoms with Crippen molar-refractivity contribution in [2.45, 2.75) is 19.4 Å². The molecule has 0 heterocycles. The summed E-state index contributed by atoms with van der Waals surface area (Å²) in [5.74, 6) is 0.114. The molecule has 2 atom stereocenters. The van der Waals surface area contributed by atoms with Crippen LogP contribution in [0.3, 0.4) is 0 Å². The Morgan fingerprint density at radius 1 is 1.31 bits per heavy atom. The molecule has 2 heteroatoms. The Labute approximate surface area is 97.6 Å². The highest BCUT2D eigenvalue weighted by atomic mass is 16.5. The summed E-state index contributed by atoms with van der Waals surface area (Å²) in [6.45, 7) is 2.55. The van der Waals surface area contributed by atoms with E-state index in [1.807, 2.05) is 43.3 Å². The predicted octanol–water partition coefficient (Wildman–Crippen LogP) is 2.95. The molecule has 0 saturated carbocycles. The number of hydrogen-bond donors (Lipinski definition) is 1. The minimum Gasteiger partial charge on any atom is -0.388 e. The standard InChI is InChI=1S/C14H20O2/c1-3-4-8-13(11-16-2)14(15)12-9-6-5-7-10-12/h3-7,9-10,13-15H,8,11H2,1-2H3/b4-3+/t13-,14-/m0/s1. The maximum atomic E-state index is 10.2. The van der Waals surface area contributed by atoms with Gasteiger partial charge >= 0.3 is 0 Å². The molecule has 0 aliphatic heterocycles. The van der Waals surface area contributed by atoms with E-state index in [4.69, 9.17) is 4.74 Å². The number of rotatable bonds is 6. The fraction of sp³-hybridized carbons (Fsp3) is 0.429. The SMILES string of the molecule is C/C=C/C[C@@H](COC)[C@@H](O)c1ccccc1. The van der Waals surface area contributed by atoms with Crippen LogP contribution in [0.5, 0.6) is 0 Å². The summed E-state index contributed by atoms with van der Waals surface area (Å²) in [7, 11) is 1.67. The number of ether oxygens (including phenoxy) is 1. The second kappa shape index (κ2) is 7.20. The Morgan fingerprint density at radius 3 is 2.56 bits per heavy atom. The molecule has 16 heavy (non-hydrogen) atoms. The summed E-state index contributed by atoms with van der Waals surface area (Å²) >= 11 is 0. The van der Waals surface area contributed by atoms with E-state index < -0.39 is 6.10 Å². The van der Waals surface area contributed by atoms with E-state index in [2.05, 4.69) is 6.08 Å². The van der Waals surface area contributed by atoms with Crippen molar-refractivity contribution in [3.63, 3.8) is 0 Å². The highest BCUT2D eigenvalue weighted by Gasteiger charge is 2.19. The van der Waals surface area contributed by atoms with Crippen LogP contribution < -0.4 is 0 Å². The first kappa shape index (κ1) is 12.9. The molecule has 0 aliphatic carbocycles. The molecule has 0 bridgehead atoms. The molecular weight excluding hydrogens is 200 g/mol. The Kier molecular flexibility index (Phi) is 5.83. The molecule has 0 saturated heterocycles. The van der Waals surface area contributed by atoms with Crippen molar-refractivity contribution in [3.8, 4) is 0 Å². The summed E-state index contributed by atoms with van der Waals surface area (Å²) in [5.41, 5.74) is 0.953. The molecule has 0 unspecified atom stereocenters. The Bertz CT molecular complexity index is 306. The van der Waals surface area contributed by atoms with Crippen LogP contribution in [0.25, 0.3) is 0 Å². The molecule has 0 radical (unpaired) electrons. The third kappa shape index (κ3) is 3.80. The third-order valence-electron chi connectivity index (χ3n) is 2.64. The second-order valence-corrected chi connectivity index (χ2v) is 3.88. The van der Waals surface area contributed by atoms with Crippen molar-refractivity contribution >= 4 is 0 Å². The number of allylic oxidation sites excluding steroid dienone is 2. The molecule has 0 fully saturated rings. The number of methoxy groups -OCH3 is 1. The van der Waals surface area contributed by atoms with Gasteiger partial charge in [-0.3, -0.25) is 0 Å². The van der Waals surface area contributed by atoms with Gasteiger partial charge in [-0.25, -0.2) is 0 Å². The van der Waals surface area contributed by atoms with Crippen LogP contribution >= 0.6 is 0 Å². The van der Waals surface area contributed by atoms with Gasteiger partial charge in [-0.1, -0.05) is 42.5 Å². The lowest BCUT2D eigenvalue weighted by atomic mass is 9.93. The maximum absolute atomic E-state index is 10.2. The van der Waals surface area contributed by atoms with Crippen LogP contribution in [0.1, 0.15) is 25.0 Å². The van der Waals surface area contributed by atoms with E-state index in [-0.39, 0.29) is 5.92 Å². The Balaban J connectivity index is 2.70. The molecule has 2 nitrogen and oxygen atoms in total. The normalized spacial score (nSPS) is 15.2. The average molecular weight is 220 g/mol. The highest BCUT2D eigenvalue weighted by Crippen LogP contribution is 2.25. The van der Waals surface area contributed by atoms with Gasteiger partial charge in [0.05, 0.1) is 12.7 Å². The van der Waals surface area contributed by atoms with Crippen LogP contribution in [0, 0.1) is 5.92 Å². The van der Waals surface area contributed by atoms with Gasteiger partial charge in [0.25, 0.3) is 0 Å². The minimum atomic E-state index is -0.461. The molecule has 88 valence electrons. The zero-order valence-electron chi connectivity index (χ0n) is 9.97. The lowest BCUT2D eigenvalue weighted by Gasteiger charge is -2.21. The van der Waals surface area contributed by atoms with E-state index in [0.717, 1.165) is 12.0 Å². The second-order valence-electron chi connectivity index (χ2n) is 3.88. The highest BCUT2D eigenvalue weighted by molar-refractivity contribution is 5.18. The first-order chi connectivity index (χ1) is 7.79. The smallest absolute Gasteiger partial charge is 0.0843 e. The van der Waals surface area contributed by atoms with E-state index in [0.29, 0.717) is 6.61 Å². The van der Waals surface area contributed by atoms with Gasteiger partial charge in [-0.05, 0) is 18.9 Å². The topological polar surface area (TPSA) is 29.5 Å². The largest absolute Gasteiger partial charge is 0.388 e. The van der Waals surface area contributed by atoms with Crippen LogP contribution in [-0.2, 0) is 4.74 Å². The molecule has 1 aromatic rings. The molecule has 1 rings (SSSR count). The molecule has 1 N–H and O–H groups in total. The number of aliphatic hydroxyl groups excluding tert-OH is 1. The maximum Gasteiger partial charge on any atom is 0.0843 e. The van der Waals surface area contributed by atoms with E-state index in [9.17, 15) is 5.11 Å². The summed E-state index contributed by atoms with van der Waals surface area (Å²) in [4.78, 5) is 0. The minimum absolute atomic E-state index is 0.114.